The van der Waals surface area contributed by atoms with Crippen molar-refractivity contribution in [2.24, 2.45) is 0 Å². The monoisotopic (exact) mass is 229 g/mol. The molecule has 0 bridgehead atoms. The summed E-state index contributed by atoms with van der Waals surface area (Å²) in [6.45, 7) is 0.168. The lowest BCUT2D eigenvalue weighted by Crippen LogP contribution is -1.91. The maximum Gasteiger partial charge on any atom is 0.123 e. The minimum absolute atomic E-state index is 0.168. The van der Waals surface area contributed by atoms with Gasteiger partial charge in [0.25, 0.3) is 0 Å². The molecule has 0 amide bonds. The van der Waals surface area contributed by atoms with E-state index in [4.69, 9.17) is 5.11 Å². The van der Waals surface area contributed by atoms with Crippen molar-refractivity contribution in [3.8, 4) is 0 Å². The van der Waals surface area contributed by atoms with Crippen molar-refractivity contribution < 1.29 is 9.50 Å². The predicted octanol–water partition coefficient (Wildman–Crippen LogP) is 2.96. The Kier molecular flexibility index (Phi) is 3.89. The van der Waals surface area contributed by atoms with Gasteiger partial charge in [0.15, 0.2) is 0 Å². The van der Waals surface area contributed by atoms with Crippen LogP contribution in [0.4, 0.5) is 4.39 Å². The fourth-order valence-electron chi connectivity index (χ4n) is 1.66. The number of halogens is 1. The highest BCUT2D eigenvalue weighted by Gasteiger charge is 1.98. The zero-order valence-electron chi connectivity index (χ0n) is 9.44. The van der Waals surface area contributed by atoms with Crippen LogP contribution in [0.3, 0.4) is 0 Å². The molecule has 0 saturated carbocycles. The quantitative estimate of drug-likeness (QED) is 0.854. The SMILES string of the molecule is OCCc1ccc([CH]c2ccc(F)cc2)cc1. The van der Waals surface area contributed by atoms with E-state index in [0.717, 1.165) is 16.7 Å². The zero-order valence-corrected chi connectivity index (χ0v) is 9.44. The molecule has 0 spiro atoms. The van der Waals surface area contributed by atoms with Crippen LogP contribution >= 0.6 is 0 Å². The zero-order chi connectivity index (χ0) is 12.1. The summed E-state index contributed by atoms with van der Waals surface area (Å²) in [5.74, 6) is -0.222. The number of hydrogen-bond donors (Lipinski definition) is 1. The number of aliphatic hydroxyl groups is 1. The summed E-state index contributed by atoms with van der Waals surface area (Å²) in [4.78, 5) is 0. The maximum absolute atomic E-state index is 12.7. The third-order valence-electron chi connectivity index (χ3n) is 2.58. The Hall–Kier alpha value is -1.67. The second-order valence-corrected chi connectivity index (χ2v) is 3.91. The van der Waals surface area contributed by atoms with E-state index >= 15 is 0 Å². The molecule has 0 saturated heterocycles. The molecule has 0 aliphatic rings. The van der Waals surface area contributed by atoms with Crippen LogP contribution in [0, 0.1) is 12.2 Å². The molecule has 0 aliphatic heterocycles. The minimum atomic E-state index is -0.222. The number of benzene rings is 2. The standard InChI is InChI=1S/C15H14FO/c16-15-7-5-14(6-8-15)11-13-3-1-12(2-4-13)9-10-17/h1-8,11,17H,9-10H2. The highest BCUT2D eigenvalue weighted by Crippen LogP contribution is 2.13. The summed E-state index contributed by atoms with van der Waals surface area (Å²) in [5.41, 5.74) is 3.16. The Labute approximate surface area is 101 Å². The largest absolute Gasteiger partial charge is 0.396 e. The molecule has 0 fully saturated rings. The Morgan fingerprint density at radius 3 is 1.94 bits per heavy atom. The first kappa shape index (κ1) is 11.8. The summed E-state index contributed by atoms with van der Waals surface area (Å²) in [6.07, 6.45) is 2.67. The number of rotatable bonds is 4. The highest BCUT2D eigenvalue weighted by atomic mass is 19.1. The molecule has 17 heavy (non-hydrogen) atoms. The molecule has 87 valence electrons. The summed E-state index contributed by atoms with van der Waals surface area (Å²) in [7, 11) is 0. The molecule has 0 aromatic heterocycles. The van der Waals surface area contributed by atoms with Gasteiger partial charge < -0.3 is 5.11 Å². The molecule has 0 unspecified atom stereocenters. The van der Waals surface area contributed by atoms with Gasteiger partial charge in [-0.25, -0.2) is 4.39 Å². The molecular formula is C15H14FO. The van der Waals surface area contributed by atoms with E-state index in [2.05, 4.69) is 0 Å². The topological polar surface area (TPSA) is 20.2 Å². The Balaban J connectivity index is 2.05. The molecule has 1 N–H and O–H groups in total. The van der Waals surface area contributed by atoms with Crippen LogP contribution in [-0.2, 0) is 6.42 Å². The Morgan fingerprint density at radius 2 is 1.41 bits per heavy atom. The van der Waals surface area contributed by atoms with Crippen molar-refractivity contribution in [1.82, 2.24) is 0 Å². The second-order valence-electron chi connectivity index (χ2n) is 3.91. The summed E-state index contributed by atoms with van der Waals surface area (Å²) in [6, 6.07) is 14.4. The average molecular weight is 229 g/mol. The van der Waals surface area contributed by atoms with Gasteiger partial charge in [-0.15, -0.1) is 0 Å². The van der Waals surface area contributed by atoms with Crippen LogP contribution in [0.5, 0.6) is 0 Å². The molecule has 1 radical (unpaired) electrons. The third-order valence-corrected chi connectivity index (χ3v) is 2.58. The normalized spacial score (nSPS) is 10.5. The lowest BCUT2D eigenvalue weighted by Gasteiger charge is -2.03. The van der Waals surface area contributed by atoms with Gasteiger partial charge in [-0.3, -0.25) is 0 Å². The summed E-state index contributed by atoms with van der Waals surface area (Å²) >= 11 is 0. The van der Waals surface area contributed by atoms with E-state index in [-0.39, 0.29) is 12.4 Å². The van der Waals surface area contributed by atoms with Gasteiger partial charge in [0.1, 0.15) is 5.82 Å². The van der Waals surface area contributed by atoms with Crippen LogP contribution in [0.25, 0.3) is 0 Å². The van der Waals surface area contributed by atoms with E-state index in [1.807, 2.05) is 30.7 Å². The van der Waals surface area contributed by atoms with Gasteiger partial charge >= 0.3 is 0 Å². The van der Waals surface area contributed by atoms with Crippen LogP contribution in [0.1, 0.15) is 16.7 Å². The van der Waals surface area contributed by atoms with E-state index in [1.54, 1.807) is 12.1 Å². The smallest absolute Gasteiger partial charge is 0.123 e. The molecule has 2 aromatic rings. The van der Waals surface area contributed by atoms with Gasteiger partial charge in [-0.2, -0.15) is 0 Å². The first-order chi connectivity index (χ1) is 8.28. The van der Waals surface area contributed by atoms with Crippen LogP contribution in [0.15, 0.2) is 48.5 Å². The minimum Gasteiger partial charge on any atom is -0.396 e. The fourth-order valence-corrected chi connectivity index (χ4v) is 1.66. The van der Waals surface area contributed by atoms with Crippen molar-refractivity contribution >= 4 is 0 Å². The van der Waals surface area contributed by atoms with Crippen LogP contribution in [-0.4, -0.2) is 11.7 Å². The lowest BCUT2D eigenvalue weighted by molar-refractivity contribution is 0.299. The number of hydrogen-bond acceptors (Lipinski definition) is 1. The first-order valence-corrected chi connectivity index (χ1v) is 5.58. The van der Waals surface area contributed by atoms with Crippen molar-refractivity contribution in [3.63, 3.8) is 0 Å². The van der Waals surface area contributed by atoms with Gasteiger partial charge in [0, 0.05) is 13.0 Å². The molecule has 0 aliphatic carbocycles. The molecule has 0 heterocycles. The lowest BCUT2D eigenvalue weighted by atomic mass is 10.0. The maximum atomic E-state index is 12.7. The van der Waals surface area contributed by atoms with E-state index < -0.39 is 0 Å². The summed E-state index contributed by atoms with van der Waals surface area (Å²) in [5, 5.41) is 8.81. The van der Waals surface area contributed by atoms with Gasteiger partial charge in [-0.1, -0.05) is 36.4 Å². The van der Waals surface area contributed by atoms with Gasteiger partial charge in [-0.05, 0) is 35.2 Å². The second kappa shape index (κ2) is 5.60. The van der Waals surface area contributed by atoms with Crippen LogP contribution < -0.4 is 0 Å². The Morgan fingerprint density at radius 1 is 0.882 bits per heavy atom. The van der Waals surface area contributed by atoms with Crippen molar-refractivity contribution in [2.45, 2.75) is 6.42 Å². The van der Waals surface area contributed by atoms with E-state index in [9.17, 15) is 4.39 Å². The number of aliphatic hydroxyl groups excluding tert-OH is 1. The Bertz CT molecular complexity index is 459. The van der Waals surface area contributed by atoms with E-state index in [1.165, 1.54) is 12.1 Å². The highest BCUT2D eigenvalue weighted by molar-refractivity contribution is 5.38. The van der Waals surface area contributed by atoms with Crippen molar-refractivity contribution in [1.29, 1.82) is 0 Å². The molecule has 1 nitrogen and oxygen atoms in total. The van der Waals surface area contributed by atoms with E-state index in [0.29, 0.717) is 6.42 Å². The van der Waals surface area contributed by atoms with Crippen molar-refractivity contribution in [2.75, 3.05) is 6.61 Å². The van der Waals surface area contributed by atoms with Gasteiger partial charge in [0.05, 0.1) is 0 Å². The molecule has 2 aromatic carbocycles. The first-order valence-electron chi connectivity index (χ1n) is 5.58. The summed E-state index contributed by atoms with van der Waals surface area (Å²) < 4.78 is 12.7. The third kappa shape index (κ3) is 3.40. The average Bonchev–Trinajstić information content (AvgIpc) is 2.35. The molecule has 2 rings (SSSR count). The molecule has 2 heteroatoms. The fraction of sp³-hybridized carbons (Fsp3) is 0.133. The predicted molar refractivity (Wildman–Crippen MR) is 66.1 cm³/mol. The van der Waals surface area contributed by atoms with Crippen LogP contribution in [0.2, 0.25) is 0 Å². The molecular weight excluding hydrogens is 215 g/mol. The molecule has 0 atom stereocenters. The van der Waals surface area contributed by atoms with Crippen molar-refractivity contribution in [3.05, 3.63) is 77.5 Å². The van der Waals surface area contributed by atoms with Gasteiger partial charge in [0.2, 0.25) is 0 Å².